The lowest BCUT2D eigenvalue weighted by molar-refractivity contribution is 0.425. The van der Waals surface area contributed by atoms with Gasteiger partial charge in [0.2, 0.25) is 3.83 Å². The van der Waals surface area contributed by atoms with Crippen molar-refractivity contribution in [1.82, 2.24) is 15.1 Å². The molecule has 2 heterocycles. The minimum absolute atomic E-state index is 0.140. The van der Waals surface area contributed by atoms with Gasteiger partial charge >= 0.3 is 0 Å². The summed E-state index contributed by atoms with van der Waals surface area (Å²) < 4.78 is 5.32. The minimum Gasteiger partial charge on any atom is -0.367 e. The molecule has 0 aliphatic heterocycles. The normalized spacial score (nSPS) is 10.2. The quantitative estimate of drug-likeness (QED) is 0.796. The van der Waals surface area contributed by atoms with Crippen LogP contribution >= 0.6 is 22.6 Å². The number of halogens is 1. The third-order valence-electron chi connectivity index (χ3n) is 1.46. The first-order valence-electron chi connectivity index (χ1n) is 3.44. The summed E-state index contributed by atoms with van der Waals surface area (Å²) in [6.07, 6.45) is 3.08. The van der Waals surface area contributed by atoms with Crippen LogP contribution in [-0.2, 0) is 0 Å². The fraction of sp³-hybridized carbons (Fsp3) is 0. The fourth-order valence-corrected chi connectivity index (χ4v) is 1.22. The first-order valence-corrected chi connectivity index (χ1v) is 4.52. The number of hydrogen-bond donors (Lipinski definition) is 1. The zero-order valence-electron chi connectivity index (χ0n) is 6.32. The van der Waals surface area contributed by atoms with Gasteiger partial charge in [-0.25, -0.2) is 0 Å². The third-order valence-corrected chi connectivity index (χ3v) is 1.89. The highest BCUT2D eigenvalue weighted by Crippen LogP contribution is 2.11. The summed E-state index contributed by atoms with van der Waals surface area (Å²) in [6.45, 7) is 0. The van der Waals surface area contributed by atoms with Crippen molar-refractivity contribution in [2.45, 2.75) is 0 Å². The van der Waals surface area contributed by atoms with Crippen LogP contribution < -0.4 is 5.43 Å². The molecule has 2 aromatic heterocycles. The standard InChI is InChI=1S/C7H4IN3O2/c8-7-10-6(13-11-7)4-3-9-2-1-5(4)12/h1-3H,(H,9,12). The lowest BCUT2D eigenvalue weighted by atomic mass is 10.3. The zero-order valence-corrected chi connectivity index (χ0v) is 8.48. The molecule has 0 saturated carbocycles. The lowest BCUT2D eigenvalue weighted by Gasteiger charge is -1.89. The number of nitrogens with zero attached hydrogens (tertiary/aromatic N) is 2. The van der Waals surface area contributed by atoms with Crippen molar-refractivity contribution >= 4 is 22.6 Å². The Kier molecular flexibility index (Phi) is 2.13. The second-order valence-corrected chi connectivity index (χ2v) is 3.26. The van der Waals surface area contributed by atoms with Crippen molar-refractivity contribution < 1.29 is 4.52 Å². The van der Waals surface area contributed by atoms with E-state index in [2.05, 4.69) is 15.1 Å². The molecule has 66 valence electrons. The molecular formula is C7H4IN3O2. The third kappa shape index (κ3) is 1.62. The van der Waals surface area contributed by atoms with Crippen molar-refractivity contribution in [2.24, 2.45) is 0 Å². The number of H-pyrrole nitrogens is 1. The molecule has 2 aromatic rings. The maximum Gasteiger partial charge on any atom is 0.264 e. The SMILES string of the molecule is O=c1cc[nH]cc1-c1nc(I)no1. The van der Waals surface area contributed by atoms with Crippen LogP contribution in [0, 0.1) is 3.83 Å². The summed E-state index contributed by atoms with van der Waals surface area (Å²) in [6, 6.07) is 1.41. The molecule has 0 atom stereocenters. The van der Waals surface area contributed by atoms with E-state index in [1.165, 1.54) is 12.3 Å². The predicted molar refractivity (Wildman–Crippen MR) is 53.1 cm³/mol. The number of pyridine rings is 1. The van der Waals surface area contributed by atoms with Crippen LogP contribution in [0.3, 0.4) is 0 Å². The van der Waals surface area contributed by atoms with Gasteiger partial charge in [-0.05, 0) is 0 Å². The van der Waals surface area contributed by atoms with E-state index < -0.39 is 0 Å². The molecule has 0 unspecified atom stereocenters. The molecule has 0 aliphatic carbocycles. The molecule has 5 nitrogen and oxygen atoms in total. The van der Waals surface area contributed by atoms with Gasteiger partial charge in [-0.2, -0.15) is 4.98 Å². The first-order chi connectivity index (χ1) is 6.27. The highest BCUT2D eigenvalue weighted by molar-refractivity contribution is 14.1. The van der Waals surface area contributed by atoms with Gasteiger partial charge < -0.3 is 9.51 Å². The van der Waals surface area contributed by atoms with Crippen LogP contribution in [0.15, 0.2) is 27.8 Å². The van der Waals surface area contributed by atoms with Gasteiger partial charge in [-0.1, -0.05) is 5.16 Å². The Balaban J connectivity index is 2.59. The van der Waals surface area contributed by atoms with Crippen molar-refractivity contribution in [3.63, 3.8) is 0 Å². The highest BCUT2D eigenvalue weighted by atomic mass is 127. The van der Waals surface area contributed by atoms with E-state index in [4.69, 9.17) is 4.52 Å². The molecule has 0 aliphatic rings. The Morgan fingerprint density at radius 1 is 1.54 bits per heavy atom. The smallest absolute Gasteiger partial charge is 0.264 e. The topological polar surface area (TPSA) is 71.8 Å². The number of aromatic nitrogens is 3. The maximum absolute atomic E-state index is 11.3. The van der Waals surface area contributed by atoms with Crippen molar-refractivity contribution in [3.8, 4) is 11.5 Å². The van der Waals surface area contributed by atoms with Crippen LogP contribution in [-0.4, -0.2) is 15.1 Å². The monoisotopic (exact) mass is 289 g/mol. The fourth-order valence-electron chi connectivity index (χ4n) is 0.898. The van der Waals surface area contributed by atoms with Gasteiger partial charge in [0.15, 0.2) is 5.43 Å². The Labute approximate surface area is 86.3 Å². The van der Waals surface area contributed by atoms with Crippen LogP contribution in [0.2, 0.25) is 0 Å². The van der Waals surface area contributed by atoms with Crippen LogP contribution in [0.25, 0.3) is 11.5 Å². The molecular weight excluding hydrogens is 285 g/mol. The summed E-state index contributed by atoms with van der Waals surface area (Å²) >= 11 is 1.91. The van der Waals surface area contributed by atoms with Gasteiger partial charge in [0.1, 0.15) is 5.56 Å². The van der Waals surface area contributed by atoms with E-state index in [1.54, 1.807) is 6.20 Å². The first kappa shape index (κ1) is 8.42. The number of aromatic amines is 1. The van der Waals surface area contributed by atoms with E-state index in [0.29, 0.717) is 9.39 Å². The summed E-state index contributed by atoms with van der Waals surface area (Å²) in [4.78, 5) is 18.0. The van der Waals surface area contributed by atoms with Gasteiger partial charge in [0.25, 0.3) is 5.89 Å². The highest BCUT2D eigenvalue weighted by Gasteiger charge is 2.09. The predicted octanol–water partition coefficient (Wildman–Crippen LogP) is 1.03. The Bertz CT molecular complexity index is 476. The largest absolute Gasteiger partial charge is 0.367 e. The molecule has 2 rings (SSSR count). The summed E-state index contributed by atoms with van der Waals surface area (Å²) in [5, 5.41) is 3.58. The molecule has 0 saturated heterocycles. The van der Waals surface area contributed by atoms with Crippen LogP contribution in [0.4, 0.5) is 0 Å². The van der Waals surface area contributed by atoms with Gasteiger partial charge in [-0.15, -0.1) is 0 Å². The van der Waals surface area contributed by atoms with E-state index in [-0.39, 0.29) is 11.3 Å². The zero-order chi connectivity index (χ0) is 9.26. The van der Waals surface area contributed by atoms with E-state index in [9.17, 15) is 4.79 Å². The second-order valence-electron chi connectivity index (χ2n) is 2.29. The Morgan fingerprint density at radius 2 is 2.38 bits per heavy atom. The summed E-state index contributed by atoms with van der Waals surface area (Å²) in [5.41, 5.74) is 0.247. The minimum atomic E-state index is -0.140. The Hall–Kier alpha value is -1.18. The molecule has 6 heteroatoms. The van der Waals surface area contributed by atoms with E-state index in [1.807, 2.05) is 22.6 Å². The molecule has 0 fully saturated rings. The van der Waals surface area contributed by atoms with E-state index in [0.717, 1.165) is 0 Å². The van der Waals surface area contributed by atoms with Crippen molar-refractivity contribution in [1.29, 1.82) is 0 Å². The summed E-state index contributed by atoms with van der Waals surface area (Å²) in [7, 11) is 0. The number of nitrogens with one attached hydrogen (secondary N) is 1. The Morgan fingerprint density at radius 3 is 3.00 bits per heavy atom. The van der Waals surface area contributed by atoms with Crippen molar-refractivity contribution in [2.75, 3.05) is 0 Å². The van der Waals surface area contributed by atoms with Crippen molar-refractivity contribution in [3.05, 3.63) is 32.5 Å². The number of rotatable bonds is 1. The molecule has 0 aromatic carbocycles. The molecule has 0 bridgehead atoms. The summed E-state index contributed by atoms with van der Waals surface area (Å²) in [5.74, 6) is 0.242. The lowest BCUT2D eigenvalue weighted by Crippen LogP contribution is -2.02. The van der Waals surface area contributed by atoms with Gasteiger partial charge in [0, 0.05) is 41.1 Å². The average molecular weight is 289 g/mol. The molecule has 0 amide bonds. The molecule has 0 radical (unpaired) electrons. The van der Waals surface area contributed by atoms with Crippen LogP contribution in [0.5, 0.6) is 0 Å². The molecule has 13 heavy (non-hydrogen) atoms. The maximum atomic E-state index is 11.3. The average Bonchev–Trinajstić information content (AvgIpc) is 2.53. The van der Waals surface area contributed by atoms with Gasteiger partial charge in [0.05, 0.1) is 0 Å². The van der Waals surface area contributed by atoms with Crippen LogP contribution in [0.1, 0.15) is 0 Å². The van der Waals surface area contributed by atoms with Gasteiger partial charge in [-0.3, -0.25) is 4.79 Å². The molecule has 0 spiro atoms. The van der Waals surface area contributed by atoms with E-state index >= 15 is 0 Å². The molecule has 1 N–H and O–H groups in total. The number of hydrogen-bond acceptors (Lipinski definition) is 4. The second kappa shape index (κ2) is 3.29.